The van der Waals surface area contributed by atoms with Crippen LogP contribution in [0.15, 0.2) is 42.5 Å². The average Bonchev–Trinajstić information content (AvgIpc) is 2.82. The van der Waals surface area contributed by atoms with Crippen molar-refractivity contribution in [3.63, 3.8) is 0 Å². The number of benzene rings is 2. The number of hydrogen-bond donors (Lipinski definition) is 0. The molecule has 2 aromatic carbocycles. The highest BCUT2D eigenvalue weighted by Gasteiger charge is 2.26. The lowest BCUT2D eigenvalue weighted by molar-refractivity contribution is 0.238. The molecule has 0 saturated heterocycles. The van der Waals surface area contributed by atoms with E-state index in [1.165, 1.54) is 0 Å². The molecule has 1 aliphatic rings. The predicted octanol–water partition coefficient (Wildman–Crippen LogP) is 3.89. The molecule has 2 nitrogen and oxygen atoms in total. The van der Waals surface area contributed by atoms with Crippen LogP contribution in [0.4, 0.5) is 0 Å². The van der Waals surface area contributed by atoms with Crippen LogP contribution in [0.5, 0.6) is 5.75 Å². The van der Waals surface area contributed by atoms with Gasteiger partial charge >= 0.3 is 0 Å². The highest BCUT2D eigenvalue weighted by molar-refractivity contribution is 6.30. The minimum atomic E-state index is -0.0480. The van der Waals surface area contributed by atoms with E-state index in [2.05, 4.69) is 6.07 Å². The summed E-state index contributed by atoms with van der Waals surface area (Å²) in [5.41, 5.74) is 2.73. The lowest BCUT2D eigenvalue weighted by Gasteiger charge is -2.10. The first-order valence-corrected chi connectivity index (χ1v) is 6.10. The smallest absolute Gasteiger partial charge is 0.128 e. The van der Waals surface area contributed by atoms with E-state index in [1.807, 2.05) is 42.5 Å². The van der Waals surface area contributed by atoms with Crippen molar-refractivity contribution in [1.29, 1.82) is 5.26 Å². The Labute approximate surface area is 110 Å². The summed E-state index contributed by atoms with van der Waals surface area (Å²) in [5, 5.41) is 9.78. The fourth-order valence-corrected chi connectivity index (χ4v) is 2.46. The average molecular weight is 256 g/mol. The summed E-state index contributed by atoms with van der Waals surface area (Å²) in [5.74, 6) is 0.805. The van der Waals surface area contributed by atoms with Crippen LogP contribution in [0.2, 0.25) is 5.02 Å². The van der Waals surface area contributed by atoms with Gasteiger partial charge in [0, 0.05) is 17.0 Å². The summed E-state index contributed by atoms with van der Waals surface area (Å²) in [4.78, 5) is 0. The zero-order valence-corrected chi connectivity index (χ0v) is 10.3. The molecule has 3 rings (SSSR count). The van der Waals surface area contributed by atoms with Crippen molar-refractivity contribution in [1.82, 2.24) is 0 Å². The molecule has 18 heavy (non-hydrogen) atoms. The van der Waals surface area contributed by atoms with E-state index in [9.17, 15) is 0 Å². The molecular weight excluding hydrogens is 246 g/mol. The largest absolute Gasteiger partial charge is 0.485 e. The van der Waals surface area contributed by atoms with Crippen LogP contribution in [0.25, 0.3) is 0 Å². The standard InChI is InChI=1S/C15H10ClNO/c16-12-5-1-3-10(7-12)15-8-13-11(9-17)4-2-6-14(13)18-15/h1-7,15H,8H2. The summed E-state index contributed by atoms with van der Waals surface area (Å²) >= 11 is 5.99. The molecule has 1 heterocycles. The molecule has 1 atom stereocenters. The topological polar surface area (TPSA) is 33.0 Å². The third kappa shape index (κ3) is 1.83. The van der Waals surface area contributed by atoms with E-state index >= 15 is 0 Å². The minimum Gasteiger partial charge on any atom is -0.485 e. The van der Waals surface area contributed by atoms with Crippen molar-refractivity contribution in [2.75, 3.05) is 0 Å². The van der Waals surface area contributed by atoms with Crippen molar-refractivity contribution >= 4 is 11.6 Å². The molecule has 1 aliphatic heterocycles. The zero-order valence-electron chi connectivity index (χ0n) is 9.56. The first-order valence-electron chi connectivity index (χ1n) is 5.72. The summed E-state index contributed by atoms with van der Waals surface area (Å²) in [6, 6.07) is 15.4. The van der Waals surface area contributed by atoms with E-state index in [1.54, 1.807) is 0 Å². The Bertz CT molecular complexity index is 645. The van der Waals surface area contributed by atoms with E-state index in [-0.39, 0.29) is 6.10 Å². The molecule has 3 heteroatoms. The fraction of sp³-hybridized carbons (Fsp3) is 0.133. The molecule has 0 spiro atoms. The number of ether oxygens (including phenoxy) is 1. The molecule has 0 radical (unpaired) electrons. The van der Waals surface area contributed by atoms with Gasteiger partial charge in [0.25, 0.3) is 0 Å². The number of nitriles is 1. The zero-order chi connectivity index (χ0) is 12.5. The number of fused-ring (bicyclic) bond motifs is 1. The van der Waals surface area contributed by atoms with Gasteiger partial charge in [-0.15, -0.1) is 0 Å². The van der Waals surface area contributed by atoms with Gasteiger partial charge < -0.3 is 4.74 Å². The molecule has 1 unspecified atom stereocenters. The van der Waals surface area contributed by atoms with Gasteiger partial charge in [0.1, 0.15) is 11.9 Å². The SMILES string of the molecule is N#Cc1cccc2c1CC(c1cccc(Cl)c1)O2. The van der Waals surface area contributed by atoms with Crippen molar-refractivity contribution in [3.8, 4) is 11.8 Å². The fourth-order valence-electron chi connectivity index (χ4n) is 2.26. The molecule has 0 N–H and O–H groups in total. The van der Waals surface area contributed by atoms with Crippen LogP contribution in [0.1, 0.15) is 22.8 Å². The maximum Gasteiger partial charge on any atom is 0.128 e. The molecule has 0 bridgehead atoms. The number of halogens is 1. The summed E-state index contributed by atoms with van der Waals surface area (Å²) in [6.45, 7) is 0. The predicted molar refractivity (Wildman–Crippen MR) is 69.7 cm³/mol. The second kappa shape index (κ2) is 4.36. The molecule has 0 saturated carbocycles. The van der Waals surface area contributed by atoms with Crippen molar-refractivity contribution in [2.45, 2.75) is 12.5 Å². The first kappa shape index (κ1) is 11.1. The Kier molecular flexibility index (Phi) is 2.70. The van der Waals surface area contributed by atoms with Gasteiger partial charge in [0.2, 0.25) is 0 Å². The maximum absolute atomic E-state index is 9.08. The summed E-state index contributed by atoms with van der Waals surface area (Å²) in [7, 11) is 0. The Morgan fingerprint density at radius 3 is 2.83 bits per heavy atom. The van der Waals surface area contributed by atoms with E-state index in [0.29, 0.717) is 10.6 Å². The summed E-state index contributed by atoms with van der Waals surface area (Å²) < 4.78 is 5.88. The van der Waals surface area contributed by atoms with Gasteiger partial charge in [0.15, 0.2) is 0 Å². The number of hydrogen-bond acceptors (Lipinski definition) is 2. The monoisotopic (exact) mass is 255 g/mol. The Hall–Kier alpha value is -1.98. The molecule has 0 aliphatic carbocycles. The lowest BCUT2D eigenvalue weighted by atomic mass is 10.0. The van der Waals surface area contributed by atoms with Crippen LogP contribution in [0.3, 0.4) is 0 Å². The van der Waals surface area contributed by atoms with Crippen LogP contribution in [0, 0.1) is 11.3 Å². The molecular formula is C15H10ClNO. The Morgan fingerprint density at radius 2 is 2.06 bits per heavy atom. The second-order valence-corrected chi connectivity index (χ2v) is 4.70. The van der Waals surface area contributed by atoms with Crippen LogP contribution >= 0.6 is 11.6 Å². The second-order valence-electron chi connectivity index (χ2n) is 4.26. The van der Waals surface area contributed by atoms with Gasteiger partial charge in [-0.2, -0.15) is 5.26 Å². The highest BCUT2D eigenvalue weighted by Crippen LogP contribution is 2.38. The minimum absolute atomic E-state index is 0.0480. The lowest BCUT2D eigenvalue weighted by Crippen LogP contribution is -2.02. The third-order valence-corrected chi connectivity index (χ3v) is 3.37. The maximum atomic E-state index is 9.08. The normalized spacial score (nSPS) is 16.8. The Morgan fingerprint density at radius 1 is 1.22 bits per heavy atom. The van der Waals surface area contributed by atoms with Crippen LogP contribution in [-0.4, -0.2) is 0 Å². The number of rotatable bonds is 1. The number of nitrogens with zero attached hydrogens (tertiary/aromatic N) is 1. The van der Waals surface area contributed by atoms with Crippen LogP contribution in [-0.2, 0) is 6.42 Å². The highest BCUT2D eigenvalue weighted by atomic mass is 35.5. The quantitative estimate of drug-likeness (QED) is 0.775. The molecule has 0 fully saturated rings. The van der Waals surface area contributed by atoms with Gasteiger partial charge in [-0.25, -0.2) is 0 Å². The van der Waals surface area contributed by atoms with Gasteiger partial charge in [0.05, 0.1) is 11.6 Å². The molecule has 88 valence electrons. The van der Waals surface area contributed by atoms with Crippen molar-refractivity contribution in [3.05, 3.63) is 64.2 Å². The van der Waals surface area contributed by atoms with Gasteiger partial charge in [-0.05, 0) is 29.8 Å². The first-order chi connectivity index (χ1) is 8.78. The van der Waals surface area contributed by atoms with E-state index in [4.69, 9.17) is 21.6 Å². The summed E-state index contributed by atoms with van der Waals surface area (Å²) in [6.07, 6.45) is 0.674. The third-order valence-electron chi connectivity index (χ3n) is 3.13. The van der Waals surface area contributed by atoms with Gasteiger partial charge in [-0.1, -0.05) is 29.8 Å². The molecule has 0 aromatic heterocycles. The van der Waals surface area contributed by atoms with Crippen molar-refractivity contribution in [2.24, 2.45) is 0 Å². The molecule has 2 aromatic rings. The van der Waals surface area contributed by atoms with Crippen molar-refractivity contribution < 1.29 is 4.74 Å². The van der Waals surface area contributed by atoms with E-state index < -0.39 is 0 Å². The van der Waals surface area contributed by atoms with Crippen LogP contribution < -0.4 is 4.74 Å². The van der Waals surface area contributed by atoms with E-state index in [0.717, 1.165) is 23.3 Å². The van der Waals surface area contributed by atoms with Gasteiger partial charge in [-0.3, -0.25) is 0 Å². The molecule has 0 amide bonds. The Balaban J connectivity index is 1.96.